The molecule has 2 fully saturated rings. The molecule has 1 saturated carbocycles. The highest BCUT2D eigenvalue weighted by atomic mass is 15.1. The molecule has 17 heavy (non-hydrogen) atoms. The van der Waals surface area contributed by atoms with Crippen molar-refractivity contribution < 1.29 is 0 Å². The second-order valence-corrected chi connectivity index (χ2v) is 6.31. The van der Waals surface area contributed by atoms with E-state index in [2.05, 4.69) is 24.2 Å². The Morgan fingerprint density at radius 3 is 2.35 bits per heavy atom. The fourth-order valence-corrected chi connectivity index (χ4v) is 3.76. The van der Waals surface area contributed by atoms with Crippen molar-refractivity contribution in [1.82, 2.24) is 10.2 Å². The Morgan fingerprint density at radius 1 is 1.12 bits per heavy atom. The number of hydrogen-bond acceptors (Lipinski definition) is 2. The van der Waals surface area contributed by atoms with Gasteiger partial charge in [-0.25, -0.2) is 0 Å². The molecule has 2 heteroatoms. The summed E-state index contributed by atoms with van der Waals surface area (Å²) >= 11 is 0. The first-order valence-corrected chi connectivity index (χ1v) is 7.67. The summed E-state index contributed by atoms with van der Waals surface area (Å²) in [6.45, 7) is 6.18. The minimum absolute atomic E-state index is 0.609. The van der Waals surface area contributed by atoms with Crippen molar-refractivity contribution in [2.75, 3.05) is 26.7 Å². The van der Waals surface area contributed by atoms with E-state index in [4.69, 9.17) is 0 Å². The van der Waals surface area contributed by atoms with Crippen LogP contribution in [0.25, 0.3) is 0 Å². The van der Waals surface area contributed by atoms with E-state index in [0.717, 1.165) is 6.04 Å². The Hall–Kier alpha value is -0.0800. The lowest BCUT2D eigenvalue weighted by Gasteiger charge is -2.43. The first-order chi connectivity index (χ1) is 8.26. The number of nitrogens with one attached hydrogen (secondary N) is 1. The smallest absolute Gasteiger partial charge is 0.00924 e. The summed E-state index contributed by atoms with van der Waals surface area (Å²) in [5, 5.41) is 3.51. The molecule has 2 rings (SSSR count). The van der Waals surface area contributed by atoms with Crippen molar-refractivity contribution in [3.63, 3.8) is 0 Å². The maximum Gasteiger partial charge on any atom is 0.00924 e. The lowest BCUT2D eigenvalue weighted by atomic mass is 9.76. The molecule has 100 valence electrons. The Labute approximate surface area is 107 Å². The highest BCUT2D eigenvalue weighted by Gasteiger charge is 2.33. The summed E-state index contributed by atoms with van der Waals surface area (Å²) in [7, 11) is 2.37. The molecule has 0 bridgehead atoms. The van der Waals surface area contributed by atoms with Crippen molar-refractivity contribution in [3.8, 4) is 0 Å². The van der Waals surface area contributed by atoms with Crippen LogP contribution in [-0.4, -0.2) is 37.6 Å². The second kappa shape index (κ2) is 6.19. The van der Waals surface area contributed by atoms with E-state index < -0.39 is 0 Å². The van der Waals surface area contributed by atoms with E-state index in [1.54, 1.807) is 0 Å². The first kappa shape index (κ1) is 13.4. The van der Waals surface area contributed by atoms with Crippen molar-refractivity contribution in [2.45, 2.75) is 64.3 Å². The van der Waals surface area contributed by atoms with Crippen LogP contribution in [0.2, 0.25) is 0 Å². The Bertz CT molecular complexity index is 215. The van der Waals surface area contributed by atoms with Gasteiger partial charge in [0, 0.05) is 12.6 Å². The molecule has 1 heterocycles. The molecule has 0 radical (unpaired) electrons. The van der Waals surface area contributed by atoms with Gasteiger partial charge in [0.2, 0.25) is 0 Å². The standard InChI is InChI=1S/C15H30N2/c1-3-15(9-11-16-12-10-15)13-17(2)14-7-5-4-6-8-14/h14,16H,3-13H2,1-2H3. The predicted molar refractivity (Wildman–Crippen MR) is 74.3 cm³/mol. The summed E-state index contributed by atoms with van der Waals surface area (Å²) in [6, 6.07) is 0.877. The van der Waals surface area contributed by atoms with Gasteiger partial charge < -0.3 is 10.2 Å². The third kappa shape index (κ3) is 3.45. The molecule has 0 aromatic carbocycles. The molecule has 1 aliphatic carbocycles. The van der Waals surface area contributed by atoms with Gasteiger partial charge in [-0.2, -0.15) is 0 Å². The molecule has 0 atom stereocenters. The van der Waals surface area contributed by atoms with Gasteiger partial charge in [-0.05, 0) is 57.7 Å². The molecule has 1 N–H and O–H groups in total. The molecule has 0 unspecified atom stereocenters. The highest BCUT2D eigenvalue weighted by molar-refractivity contribution is 4.87. The molecule has 0 aromatic heterocycles. The molecule has 0 amide bonds. The van der Waals surface area contributed by atoms with Gasteiger partial charge in [-0.15, -0.1) is 0 Å². The third-order valence-electron chi connectivity index (χ3n) is 5.20. The van der Waals surface area contributed by atoms with Crippen LogP contribution in [0.4, 0.5) is 0 Å². The van der Waals surface area contributed by atoms with Crippen LogP contribution in [-0.2, 0) is 0 Å². The van der Waals surface area contributed by atoms with Gasteiger partial charge in [-0.3, -0.25) is 0 Å². The quantitative estimate of drug-likeness (QED) is 0.810. The first-order valence-electron chi connectivity index (χ1n) is 7.67. The lowest BCUT2D eigenvalue weighted by molar-refractivity contribution is 0.0827. The van der Waals surface area contributed by atoms with E-state index >= 15 is 0 Å². The topological polar surface area (TPSA) is 15.3 Å². The molecule has 2 nitrogen and oxygen atoms in total. The van der Waals surface area contributed by atoms with Gasteiger partial charge in [0.15, 0.2) is 0 Å². The van der Waals surface area contributed by atoms with Crippen LogP contribution in [0.1, 0.15) is 58.3 Å². The second-order valence-electron chi connectivity index (χ2n) is 6.31. The van der Waals surface area contributed by atoms with Gasteiger partial charge in [-0.1, -0.05) is 26.2 Å². The van der Waals surface area contributed by atoms with Gasteiger partial charge >= 0.3 is 0 Å². The van der Waals surface area contributed by atoms with E-state index in [1.807, 2.05) is 0 Å². The van der Waals surface area contributed by atoms with Gasteiger partial charge in [0.1, 0.15) is 0 Å². The summed E-state index contributed by atoms with van der Waals surface area (Å²) in [5.74, 6) is 0. The number of nitrogens with zero attached hydrogens (tertiary/aromatic N) is 1. The van der Waals surface area contributed by atoms with Crippen LogP contribution >= 0.6 is 0 Å². The highest BCUT2D eigenvalue weighted by Crippen LogP contribution is 2.34. The van der Waals surface area contributed by atoms with E-state index in [9.17, 15) is 0 Å². The zero-order valence-electron chi connectivity index (χ0n) is 11.8. The zero-order chi connectivity index (χ0) is 12.1. The Kier molecular flexibility index (Phi) is 4.87. The third-order valence-corrected chi connectivity index (χ3v) is 5.20. The minimum atomic E-state index is 0.609. The van der Waals surface area contributed by atoms with Crippen LogP contribution in [0.3, 0.4) is 0 Å². The van der Waals surface area contributed by atoms with Crippen molar-refractivity contribution in [2.24, 2.45) is 5.41 Å². The van der Waals surface area contributed by atoms with Crippen LogP contribution < -0.4 is 5.32 Å². The molecule has 1 saturated heterocycles. The van der Waals surface area contributed by atoms with E-state index in [1.165, 1.54) is 71.0 Å². The summed E-state index contributed by atoms with van der Waals surface area (Å²) in [6.07, 6.45) is 11.4. The summed E-state index contributed by atoms with van der Waals surface area (Å²) < 4.78 is 0. The molecule has 2 aliphatic rings. The Balaban J connectivity index is 1.88. The maximum atomic E-state index is 3.51. The van der Waals surface area contributed by atoms with Gasteiger partial charge in [0.05, 0.1) is 0 Å². The normalized spacial score (nSPS) is 26.3. The van der Waals surface area contributed by atoms with Crippen molar-refractivity contribution in [1.29, 1.82) is 0 Å². The lowest BCUT2D eigenvalue weighted by Crippen LogP contribution is -2.46. The monoisotopic (exact) mass is 238 g/mol. The average molecular weight is 238 g/mol. The van der Waals surface area contributed by atoms with Crippen molar-refractivity contribution in [3.05, 3.63) is 0 Å². The molecule has 0 spiro atoms. The average Bonchev–Trinajstić information content (AvgIpc) is 2.41. The van der Waals surface area contributed by atoms with E-state index in [0.29, 0.717) is 5.41 Å². The van der Waals surface area contributed by atoms with Crippen molar-refractivity contribution >= 4 is 0 Å². The number of piperidine rings is 1. The molecular formula is C15H30N2. The van der Waals surface area contributed by atoms with Crippen LogP contribution in [0.5, 0.6) is 0 Å². The molecular weight excluding hydrogens is 208 g/mol. The fourth-order valence-electron chi connectivity index (χ4n) is 3.76. The fraction of sp³-hybridized carbons (Fsp3) is 1.00. The van der Waals surface area contributed by atoms with Crippen LogP contribution in [0, 0.1) is 5.41 Å². The minimum Gasteiger partial charge on any atom is -0.317 e. The predicted octanol–water partition coefficient (Wildman–Crippen LogP) is 3.03. The SMILES string of the molecule is CCC1(CN(C)C2CCCCC2)CCNCC1. The van der Waals surface area contributed by atoms with E-state index in [-0.39, 0.29) is 0 Å². The molecule has 0 aromatic rings. The Morgan fingerprint density at radius 2 is 1.76 bits per heavy atom. The van der Waals surface area contributed by atoms with Gasteiger partial charge in [0.25, 0.3) is 0 Å². The maximum absolute atomic E-state index is 3.51. The van der Waals surface area contributed by atoms with Crippen LogP contribution in [0.15, 0.2) is 0 Å². The summed E-state index contributed by atoms with van der Waals surface area (Å²) in [4.78, 5) is 2.69. The largest absolute Gasteiger partial charge is 0.317 e. The zero-order valence-corrected chi connectivity index (χ0v) is 11.8. The number of rotatable bonds is 4. The molecule has 1 aliphatic heterocycles. The summed E-state index contributed by atoms with van der Waals surface area (Å²) in [5.41, 5.74) is 0.609. The number of hydrogen-bond donors (Lipinski definition) is 1.